The summed E-state index contributed by atoms with van der Waals surface area (Å²) in [5, 5.41) is 4.15. The summed E-state index contributed by atoms with van der Waals surface area (Å²) in [6.07, 6.45) is 5.60. The van der Waals surface area contributed by atoms with Crippen molar-refractivity contribution in [2.24, 2.45) is 5.84 Å². The first-order chi connectivity index (χ1) is 14.7. The fourth-order valence-electron chi connectivity index (χ4n) is 3.67. The molecule has 6 heteroatoms. The van der Waals surface area contributed by atoms with Crippen LogP contribution in [0.1, 0.15) is 23.2 Å². The monoisotopic (exact) mass is 401 g/mol. The van der Waals surface area contributed by atoms with Gasteiger partial charge in [0, 0.05) is 63.2 Å². The standard InChI is InChI=1S/C24H27N5O/c1-30-14-4-5-19-15-20(18-26-17-19)8-9-22-16-21-6-2-3-7-23(21)24(27-22)28-10-12-29(25)13-11-28/h2-3,6-7,15-18H,4-5,10-14,25H2,1H3. The van der Waals surface area contributed by atoms with Crippen molar-refractivity contribution in [2.75, 3.05) is 44.8 Å². The Bertz CT molecular complexity index is 1060. The smallest absolute Gasteiger partial charge is 0.138 e. The normalized spacial score (nSPS) is 14.5. The summed E-state index contributed by atoms with van der Waals surface area (Å²) in [5.74, 6) is 13.4. The first-order valence-corrected chi connectivity index (χ1v) is 10.3. The number of nitrogens with zero attached hydrogens (tertiary/aromatic N) is 4. The lowest BCUT2D eigenvalue weighted by Crippen LogP contribution is -2.49. The van der Waals surface area contributed by atoms with Gasteiger partial charge < -0.3 is 9.64 Å². The number of piperazine rings is 1. The topological polar surface area (TPSA) is 67.5 Å². The van der Waals surface area contributed by atoms with Crippen molar-refractivity contribution >= 4 is 16.6 Å². The second-order valence-electron chi connectivity index (χ2n) is 7.50. The van der Waals surface area contributed by atoms with Crippen LogP contribution < -0.4 is 10.7 Å². The highest BCUT2D eigenvalue weighted by Crippen LogP contribution is 2.26. The van der Waals surface area contributed by atoms with E-state index < -0.39 is 0 Å². The van der Waals surface area contributed by atoms with Crippen molar-refractivity contribution in [3.05, 3.63) is 65.6 Å². The summed E-state index contributed by atoms with van der Waals surface area (Å²) >= 11 is 0. The van der Waals surface area contributed by atoms with Crippen LogP contribution in [0.4, 0.5) is 5.82 Å². The Morgan fingerprint density at radius 1 is 1.07 bits per heavy atom. The lowest BCUT2D eigenvalue weighted by molar-refractivity contribution is 0.195. The highest BCUT2D eigenvalue weighted by atomic mass is 16.5. The predicted octanol–water partition coefficient (Wildman–Crippen LogP) is 2.60. The summed E-state index contributed by atoms with van der Waals surface area (Å²) in [7, 11) is 1.72. The molecular weight excluding hydrogens is 374 g/mol. The van der Waals surface area contributed by atoms with Crippen molar-refractivity contribution < 1.29 is 4.74 Å². The number of pyridine rings is 2. The van der Waals surface area contributed by atoms with Gasteiger partial charge in [-0.25, -0.2) is 9.99 Å². The molecule has 0 unspecified atom stereocenters. The zero-order valence-electron chi connectivity index (χ0n) is 17.3. The van der Waals surface area contributed by atoms with Crippen LogP contribution in [-0.4, -0.2) is 54.9 Å². The van der Waals surface area contributed by atoms with E-state index in [0.29, 0.717) is 0 Å². The fourth-order valence-corrected chi connectivity index (χ4v) is 3.67. The molecule has 3 aromatic rings. The quantitative estimate of drug-likeness (QED) is 0.403. The second-order valence-corrected chi connectivity index (χ2v) is 7.50. The van der Waals surface area contributed by atoms with E-state index >= 15 is 0 Å². The van der Waals surface area contributed by atoms with Crippen molar-refractivity contribution in [3.8, 4) is 11.8 Å². The Hall–Kier alpha value is -2.98. The van der Waals surface area contributed by atoms with Crippen LogP contribution in [0.3, 0.4) is 0 Å². The molecule has 0 saturated carbocycles. The Kier molecular flexibility index (Phi) is 6.55. The van der Waals surface area contributed by atoms with Gasteiger partial charge in [-0.15, -0.1) is 0 Å². The lowest BCUT2D eigenvalue weighted by Gasteiger charge is -2.33. The Labute approximate surface area is 177 Å². The van der Waals surface area contributed by atoms with Gasteiger partial charge in [-0.3, -0.25) is 10.8 Å². The van der Waals surface area contributed by atoms with Gasteiger partial charge in [-0.05, 0) is 41.8 Å². The first-order valence-electron chi connectivity index (χ1n) is 10.3. The minimum absolute atomic E-state index is 0.748. The van der Waals surface area contributed by atoms with Gasteiger partial charge in [0.1, 0.15) is 11.5 Å². The molecule has 2 aromatic heterocycles. The summed E-state index contributed by atoms with van der Waals surface area (Å²) < 4.78 is 5.13. The molecule has 3 heterocycles. The van der Waals surface area contributed by atoms with Crippen LogP contribution in [0.15, 0.2) is 48.8 Å². The number of aryl methyl sites for hydroxylation is 1. The molecule has 0 spiro atoms. The second kappa shape index (κ2) is 9.68. The molecule has 1 fully saturated rings. The Morgan fingerprint density at radius 3 is 2.73 bits per heavy atom. The van der Waals surface area contributed by atoms with E-state index in [1.165, 1.54) is 5.56 Å². The van der Waals surface area contributed by atoms with Crippen molar-refractivity contribution in [2.45, 2.75) is 12.8 Å². The van der Waals surface area contributed by atoms with Crippen LogP contribution in [0.25, 0.3) is 10.8 Å². The molecule has 1 aliphatic heterocycles. The summed E-state index contributed by atoms with van der Waals surface area (Å²) in [6, 6.07) is 12.5. The summed E-state index contributed by atoms with van der Waals surface area (Å²) in [5.41, 5.74) is 2.84. The molecular formula is C24H27N5O. The van der Waals surface area contributed by atoms with Gasteiger partial charge >= 0.3 is 0 Å². The molecule has 0 amide bonds. The Morgan fingerprint density at radius 2 is 1.90 bits per heavy atom. The molecule has 4 rings (SSSR count). The van der Waals surface area contributed by atoms with Crippen LogP contribution in [-0.2, 0) is 11.2 Å². The van der Waals surface area contributed by atoms with Crippen molar-refractivity contribution in [1.29, 1.82) is 0 Å². The summed E-state index contributed by atoms with van der Waals surface area (Å²) in [6.45, 7) is 4.12. The largest absolute Gasteiger partial charge is 0.385 e. The maximum absolute atomic E-state index is 5.93. The van der Waals surface area contributed by atoms with Gasteiger partial charge in [0.2, 0.25) is 0 Å². The van der Waals surface area contributed by atoms with Gasteiger partial charge in [0.25, 0.3) is 0 Å². The van der Waals surface area contributed by atoms with E-state index in [0.717, 1.165) is 73.5 Å². The highest BCUT2D eigenvalue weighted by Gasteiger charge is 2.18. The molecule has 6 nitrogen and oxygen atoms in total. The van der Waals surface area contributed by atoms with E-state index in [-0.39, 0.29) is 0 Å². The van der Waals surface area contributed by atoms with Crippen LogP contribution in [0.2, 0.25) is 0 Å². The maximum atomic E-state index is 5.93. The zero-order valence-corrected chi connectivity index (χ0v) is 17.3. The first kappa shape index (κ1) is 20.3. The summed E-state index contributed by atoms with van der Waals surface area (Å²) in [4.78, 5) is 11.5. The molecule has 1 saturated heterocycles. The number of nitrogens with two attached hydrogens (primary N) is 1. The maximum Gasteiger partial charge on any atom is 0.138 e. The molecule has 0 radical (unpaired) electrons. The van der Waals surface area contributed by atoms with Gasteiger partial charge in [-0.2, -0.15) is 0 Å². The van der Waals surface area contributed by atoms with Gasteiger partial charge in [0.05, 0.1) is 0 Å². The molecule has 1 aromatic carbocycles. The molecule has 0 aliphatic carbocycles. The number of aromatic nitrogens is 2. The number of hydrogen-bond acceptors (Lipinski definition) is 6. The van der Waals surface area contributed by atoms with Gasteiger partial charge in [-0.1, -0.05) is 30.2 Å². The minimum atomic E-state index is 0.748. The molecule has 0 bridgehead atoms. The van der Waals surface area contributed by atoms with Crippen LogP contribution in [0, 0.1) is 11.8 Å². The van der Waals surface area contributed by atoms with Gasteiger partial charge in [0.15, 0.2) is 0 Å². The van der Waals surface area contributed by atoms with E-state index in [1.807, 2.05) is 11.2 Å². The average Bonchev–Trinajstić information content (AvgIpc) is 2.78. The van der Waals surface area contributed by atoms with Crippen molar-refractivity contribution in [3.63, 3.8) is 0 Å². The van der Waals surface area contributed by atoms with Crippen LogP contribution in [0.5, 0.6) is 0 Å². The molecule has 0 atom stereocenters. The third kappa shape index (κ3) is 4.95. The van der Waals surface area contributed by atoms with E-state index in [4.69, 9.17) is 15.6 Å². The number of hydrazine groups is 1. The Balaban J connectivity index is 1.62. The molecule has 2 N–H and O–H groups in total. The number of fused-ring (bicyclic) bond motifs is 1. The molecule has 30 heavy (non-hydrogen) atoms. The number of rotatable bonds is 5. The minimum Gasteiger partial charge on any atom is -0.385 e. The third-order valence-corrected chi connectivity index (χ3v) is 5.28. The number of methoxy groups -OCH3 is 1. The average molecular weight is 402 g/mol. The van der Waals surface area contributed by atoms with E-state index in [9.17, 15) is 0 Å². The van der Waals surface area contributed by atoms with E-state index in [1.54, 1.807) is 13.3 Å². The zero-order chi connectivity index (χ0) is 20.8. The number of benzene rings is 1. The predicted molar refractivity (Wildman–Crippen MR) is 120 cm³/mol. The lowest BCUT2D eigenvalue weighted by atomic mass is 10.1. The number of ether oxygens (including phenoxy) is 1. The van der Waals surface area contributed by atoms with Crippen LogP contribution >= 0.6 is 0 Å². The SMILES string of the molecule is COCCCc1cncc(C#Cc2cc3ccccc3c(N3CCN(N)CC3)n2)c1. The third-order valence-electron chi connectivity index (χ3n) is 5.28. The van der Waals surface area contributed by atoms with E-state index in [2.05, 4.69) is 58.1 Å². The number of hydrogen-bond donors (Lipinski definition) is 1. The van der Waals surface area contributed by atoms with Crippen molar-refractivity contribution in [1.82, 2.24) is 15.0 Å². The molecule has 154 valence electrons. The molecule has 1 aliphatic rings. The number of anilines is 1. The highest BCUT2D eigenvalue weighted by molar-refractivity contribution is 5.93. The fraction of sp³-hybridized carbons (Fsp3) is 0.333.